The van der Waals surface area contributed by atoms with E-state index in [0.717, 1.165) is 0 Å². The first-order valence-corrected chi connectivity index (χ1v) is 5.21. The minimum Gasteiger partial charge on any atom is -0.333 e. The zero-order chi connectivity index (χ0) is 10.6. The summed E-state index contributed by atoms with van der Waals surface area (Å²) >= 11 is 0. The van der Waals surface area contributed by atoms with E-state index < -0.39 is 22.3 Å². The van der Waals surface area contributed by atoms with Gasteiger partial charge in [-0.05, 0) is 12.3 Å². The van der Waals surface area contributed by atoms with E-state index in [4.69, 9.17) is 5.73 Å². The van der Waals surface area contributed by atoms with Crippen LogP contribution in [0, 0.1) is 5.92 Å². The molecule has 78 valence electrons. The third kappa shape index (κ3) is 6.50. The van der Waals surface area contributed by atoms with Gasteiger partial charge in [0.15, 0.2) is 0 Å². The molecule has 0 heterocycles. The quantitative estimate of drug-likeness (QED) is 0.624. The van der Waals surface area contributed by atoms with Gasteiger partial charge in [-0.3, -0.25) is 0 Å². The SMILES string of the molecule is CC(C)C[C@H](N)C(=O)OS(N)(=O)=O. The Hall–Kier alpha value is -0.660. The predicted octanol–water partition coefficient (Wildman–Crippen LogP) is -0.893. The lowest BCUT2D eigenvalue weighted by atomic mass is 10.1. The largest absolute Gasteiger partial charge is 0.382 e. The van der Waals surface area contributed by atoms with E-state index >= 15 is 0 Å². The zero-order valence-electron chi connectivity index (χ0n) is 7.56. The molecular weight excluding hydrogens is 196 g/mol. The van der Waals surface area contributed by atoms with E-state index in [1.807, 2.05) is 13.8 Å². The summed E-state index contributed by atoms with van der Waals surface area (Å²) in [6.45, 7) is 3.70. The van der Waals surface area contributed by atoms with Crippen molar-refractivity contribution in [2.24, 2.45) is 16.8 Å². The van der Waals surface area contributed by atoms with Crippen molar-refractivity contribution in [2.45, 2.75) is 26.3 Å². The van der Waals surface area contributed by atoms with Crippen LogP contribution < -0.4 is 10.9 Å². The van der Waals surface area contributed by atoms with Gasteiger partial charge < -0.3 is 9.92 Å². The highest BCUT2D eigenvalue weighted by Crippen LogP contribution is 2.04. The molecule has 0 saturated heterocycles. The molecule has 0 spiro atoms. The minimum absolute atomic E-state index is 0.183. The first kappa shape index (κ1) is 12.3. The van der Waals surface area contributed by atoms with Crippen molar-refractivity contribution in [1.29, 1.82) is 0 Å². The molecule has 0 aromatic carbocycles. The number of carbonyl (C=O) groups excluding carboxylic acids is 1. The van der Waals surface area contributed by atoms with Gasteiger partial charge in [0.2, 0.25) is 0 Å². The fourth-order valence-corrected chi connectivity index (χ4v) is 1.13. The molecular formula is C6H14N2O4S. The number of nitrogens with two attached hydrogens (primary N) is 2. The third-order valence-electron chi connectivity index (χ3n) is 1.23. The van der Waals surface area contributed by atoms with Crippen LogP contribution in [0.3, 0.4) is 0 Å². The lowest BCUT2D eigenvalue weighted by molar-refractivity contribution is -0.135. The summed E-state index contributed by atoms with van der Waals surface area (Å²) in [6.07, 6.45) is 0.356. The molecule has 13 heavy (non-hydrogen) atoms. The topological polar surface area (TPSA) is 112 Å². The summed E-state index contributed by atoms with van der Waals surface area (Å²) in [6, 6.07) is -0.946. The summed E-state index contributed by atoms with van der Waals surface area (Å²) in [5.41, 5.74) is 5.33. The summed E-state index contributed by atoms with van der Waals surface area (Å²) in [5, 5.41) is 4.48. The van der Waals surface area contributed by atoms with Gasteiger partial charge in [-0.25, -0.2) is 4.79 Å². The molecule has 0 amide bonds. The highest BCUT2D eigenvalue weighted by Gasteiger charge is 2.20. The molecule has 0 aromatic heterocycles. The monoisotopic (exact) mass is 210 g/mol. The number of hydrogen-bond donors (Lipinski definition) is 2. The molecule has 0 unspecified atom stereocenters. The van der Waals surface area contributed by atoms with Gasteiger partial charge >= 0.3 is 16.3 Å². The van der Waals surface area contributed by atoms with Crippen molar-refractivity contribution in [3.05, 3.63) is 0 Å². The fourth-order valence-electron chi connectivity index (χ4n) is 0.780. The summed E-state index contributed by atoms with van der Waals surface area (Å²) < 4.78 is 24.5. The Balaban J connectivity index is 4.13. The molecule has 6 nitrogen and oxygen atoms in total. The van der Waals surface area contributed by atoms with Crippen molar-refractivity contribution in [2.75, 3.05) is 0 Å². The molecule has 4 N–H and O–H groups in total. The molecule has 0 bridgehead atoms. The van der Waals surface area contributed by atoms with Gasteiger partial charge in [0.05, 0.1) is 0 Å². The highest BCUT2D eigenvalue weighted by atomic mass is 32.2. The maximum absolute atomic E-state index is 10.9. The first-order chi connectivity index (χ1) is 5.72. The van der Waals surface area contributed by atoms with Crippen molar-refractivity contribution < 1.29 is 17.4 Å². The van der Waals surface area contributed by atoms with Crippen LogP contribution >= 0.6 is 0 Å². The number of rotatable bonds is 4. The van der Waals surface area contributed by atoms with Crippen molar-refractivity contribution >= 4 is 16.3 Å². The zero-order valence-corrected chi connectivity index (χ0v) is 8.37. The minimum atomic E-state index is -4.23. The smallest absolute Gasteiger partial charge is 0.333 e. The van der Waals surface area contributed by atoms with Gasteiger partial charge in [0, 0.05) is 0 Å². The van der Waals surface area contributed by atoms with Crippen LogP contribution in [-0.4, -0.2) is 20.4 Å². The Morgan fingerprint density at radius 2 is 1.92 bits per heavy atom. The fraction of sp³-hybridized carbons (Fsp3) is 0.833. The van der Waals surface area contributed by atoms with Crippen LogP contribution in [0.15, 0.2) is 0 Å². The second-order valence-electron chi connectivity index (χ2n) is 3.13. The molecule has 7 heteroatoms. The van der Waals surface area contributed by atoms with Gasteiger partial charge in [-0.2, -0.15) is 13.6 Å². The Kier molecular flexibility index (Phi) is 4.31. The van der Waals surface area contributed by atoms with Crippen LogP contribution in [0.25, 0.3) is 0 Å². The normalized spacial score (nSPS) is 14.2. The predicted molar refractivity (Wildman–Crippen MR) is 46.6 cm³/mol. The Morgan fingerprint density at radius 3 is 2.23 bits per heavy atom. The van der Waals surface area contributed by atoms with Crippen molar-refractivity contribution in [1.82, 2.24) is 0 Å². The van der Waals surface area contributed by atoms with E-state index in [1.54, 1.807) is 0 Å². The van der Waals surface area contributed by atoms with Crippen LogP contribution in [0.1, 0.15) is 20.3 Å². The molecule has 0 aliphatic carbocycles. The molecule has 0 radical (unpaired) electrons. The van der Waals surface area contributed by atoms with Crippen molar-refractivity contribution in [3.8, 4) is 0 Å². The van der Waals surface area contributed by atoms with E-state index in [0.29, 0.717) is 6.42 Å². The van der Waals surface area contributed by atoms with E-state index in [1.165, 1.54) is 0 Å². The molecule has 1 atom stereocenters. The summed E-state index contributed by atoms with van der Waals surface area (Å²) in [7, 11) is -4.23. The highest BCUT2D eigenvalue weighted by molar-refractivity contribution is 7.84. The van der Waals surface area contributed by atoms with Gasteiger partial charge in [-0.1, -0.05) is 13.8 Å². The van der Waals surface area contributed by atoms with E-state index in [9.17, 15) is 13.2 Å². The van der Waals surface area contributed by atoms with Crippen LogP contribution in [0.2, 0.25) is 0 Å². The van der Waals surface area contributed by atoms with Gasteiger partial charge in [0.1, 0.15) is 6.04 Å². The average Bonchev–Trinajstić information content (AvgIpc) is 1.81. The summed E-state index contributed by atoms with van der Waals surface area (Å²) in [4.78, 5) is 10.9. The molecule has 0 fully saturated rings. The van der Waals surface area contributed by atoms with E-state index in [2.05, 4.69) is 9.32 Å². The number of hydrogen-bond acceptors (Lipinski definition) is 5. The second kappa shape index (κ2) is 4.54. The number of carbonyl (C=O) groups is 1. The molecule has 0 rings (SSSR count). The van der Waals surface area contributed by atoms with Crippen LogP contribution in [0.4, 0.5) is 0 Å². The maximum atomic E-state index is 10.9. The lowest BCUT2D eigenvalue weighted by Crippen LogP contribution is -2.36. The third-order valence-corrected chi connectivity index (χ3v) is 1.62. The van der Waals surface area contributed by atoms with Crippen LogP contribution in [0.5, 0.6) is 0 Å². The van der Waals surface area contributed by atoms with Gasteiger partial charge in [0.25, 0.3) is 0 Å². The van der Waals surface area contributed by atoms with E-state index in [-0.39, 0.29) is 5.92 Å². The standard InChI is InChI=1S/C6H14N2O4S/c1-4(2)3-5(7)6(9)12-13(8,10)11/h4-5H,3,7H2,1-2H3,(H2,8,10,11)/t5-/m0/s1. The Morgan fingerprint density at radius 1 is 1.46 bits per heavy atom. The second-order valence-corrected chi connectivity index (χ2v) is 4.28. The van der Waals surface area contributed by atoms with Gasteiger partial charge in [-0.15, -0.1) is 0 Å². The molecule has 0 aromatic rings. The first-order valence-electron chi connectivity index (χ1n) is 3.74. The Bertz CT molecular complexity index is 272. The average molecular weight is 210 g/mol. The maximum Gasteiger partial charge on any atom is 0.382 e. The van der Waals surface area contributed by atoms with Crippen molar-refractivity contribution in [3.63, 3.8) is 0 Å². The molecule has 0 aliphatic rings. The van der Waals surface area contributed by atoms with Crippen LogP contribution in [-0.2, 0) is 19.3 Å². The Labute approximate surface area is 77.5 Å². The molecule has 0 saturated carbocycles. The molecule has 0 aliphatic heterocycles. The summed E-state index contributed by atoms with van der Waals surface area (Å²) in [5.74, 6) is -0.834. The lowest BCUT2D eigenvalue weighted by Gasteiger charge is -2.11.